The van der Waals surface area contributed by atoms with Crippen LogP contribution >= 0.6 is 0 Å². The molecule has 1 aromatic carbocycles. The fourth-order valence-corrected chi connectivity index (χ4v) is 3.01. The summed E-state index contributed by atoms with van der Waals surface area (Å²) >= 11 is 0. The number of aryl methyl sites for hydroxylation is 1. The van der Waals surface area contributed by atoms with Crippen LogP contribution in [-0.2, 0) is 16.2 Å². The van der Waals surface area contributed by atoms with E-state index >= 15 is 0 Å². The van der Waals surface area contributed by atoms with Gasteiger partial charge in [-0.2, -0.15) is 18.3 Å². The maximum absolute atomic E-state index is 13.2. The summed E-state index contributed by atoms with van der Waals surface area (Å²) in [5.41, 5.74) is 0.769. The van der Waals surface area contributed by atoms with E-state index < -0.39 is 21.9 Å². The Hall–Kier alpha value is -3.16. The molecule has 0 atom stereocenters. The number of alkyl halides is 3. The summed E-state index contributed by atoms with van der Waals surface area (Å²) < 4.78 is 63.3. The van der Waals surface area contributed by atoms with Crippen molar-refractivity contribution in [3.63, 3.8) is 0 Å². The summed E-state index contributed by atoms with van der Waals surface area (Å²) in [4.78, 5) is 3.63. The van der Waals surface area contributed by atoms with Gasteiger partial charge in [0.15, 0.2) is 11.5 Å². The SMILES string of the molecule is C#Cc1ccc(-c2cc(C(F)(F)F)nn2-c2ccc(S(N)(=O)=O)cn2)cc1C. The van der Waals surface area contributed by atoms with Crippen LogP contribution in [0.3, 0.4) is 0 Å². The normalized spacial score (nSPS) is 12.0. The molecule has 10 heteroatoms. The topological polar surface area (TPSA) is 90.9 Å². The number of primary sulfonamides is 1. The van der Waals surface area contributed by atoms with E-state index in [0.717, 1.165) is 23.0 Å². The molecule has 0 fully saturated rings. The lowest BCUT2D eigenvalue weighted by Crippen LogP contribution is -2.13. The zero-order valence-electron chi connectivity index (χ0n) is 14.4. The number of sulfonamides is 1. The van der Waals surface area contributed by atoms with Crippen LogP contribution in [0.5, 0.6) is 0 Å². The van der Waals surface area contributed by atoms with E-state index in [4.69, 9.17) is 11.6 Å². The van der Waals surface area contributed by atoms with E-state index in [1.165, 1.54) is 6.07 Å². The first-order valence-corrected chi connectivity index (χ1v) is 9.29. The minimum Gasteiger partial charge on any atom is -0.236 e. The van der Waals surface area contributed by atoms with Crippen LogP contribution in [0.1, 0.15) is 16.8 Å². The van der Waals surface area contributed by atoms with Gasteiger partial charge < -0.3 is 0 Å². The van der Waals surface area contributed by atoms with Gasteiger partial charge in [-0.3, -0.25) is 0 Å². The molecule has 0 aliphatic heterocycles. The molecule has 0 amide bonds. The number of hydrogen-bond donors (Lipinski definition) is 1. The van der Waals surface area contributed by atoms with E-state index in [2.05, 4.69) is 16.0 Å². The first kappa shape index (κ1) is 19.6. The summed E-state index contributed by atoms with van der Waals surface area (Å²) in [5.74, 6) is 2.48. The monoisotopic (exact) mass is 406 g/mol. The quantitative estimate of drug-likeness (QED) is 0.677. The summed E-state index contributed by atoms with van der Waals surface area (Å²) in [6.07, 6.45) is 1.67. The molecule has 0 saturated heterocycles. The van der Waals surface area contributed by atoms with Crippen molar-refractivity contribution in [3.05, 3.63) is 59.4 Å². The second kappa shape index (κ2) is 6.78. The Morgan fingerprint density at radius 2 is 1.89 bits per heavy atom. The Labute approximate surface area is 158 Å². The van der Waals surface area contributed by atoms with Crippen LogP contribution in [0.15, 0.2) is 47.5 Å². The van der Waals surface area contributed by atoms with Crippen molar-refractivity contribution in [1.29, 1.82) is 0 Å². The lowest BCUT2D eigenvalue weighted by atomic mass is 10.0. The van der Waals surface area contributed by atoms with Crippen molar-refractivity contribution < 1.29 is 21.6 Å². The standard InChI is InChI=1S/C18H13F3N4O2S/c1-3-12-4-5-13(8-11(12)2)15-9-16(18(19,20)21)24-25(15)17-7-6-14(10-23-17)28(22,26)27/h1,4-10H,2H3,(H2,22,26,27). The van der Waals surface area contributed by atoms with E-state index in [9.17, 15) is 21.6 Å². The Bertz CT molecular complexity index is 1190. The van der Waals surface area contributed by atoms with Crippen molar-refractivity contribution in [2.24, 2.45) is 5.14 Å². The Balaban J connectivity index is 2.19. The molecule has 3 rings (SSSR count). The number of benzene rings is 1. The summed E-state index contributed by atoms with van der Waals surface area (Å²) in [6, 6.07) is 8.09. The summed E-state index contributed by atoms with van der Waals surface area (Å²) in [7, 11) is -3.99. The molecule has 0 saturated carbocycles. The van der Waals surface area contributed by atoms with Gasteiger partial charge in [0.25, 0.3) is 0 Å². The summed E-state index contributed by atoms with van der Waals surface area (Å²) in [5, 5.41) is 8.62. The molecular formula is C18H13F3N4O2S. The molecule has 0 bridgehead atoms. The van der Waals surface area contributed by atoms with Crippen LogP contribution in [0.2, 0.25) is 0 Å². The van der Waals surface area contributed by atoms with Crippen LogP contribution in [0.25, 0.3) is 17.1 Å². The van der Waals surface area contributed by atoms with Gasteiger partial charge in [-0.1, -0.05) is 12.0 Å². The van der Waals surface area contributed by atoms with Crippen LogP contribution in [0.4, 0.5) is 13.2 Å². The molecule has 2 N–H and O–H groups in total. The highest BCUT2D eigenvalue weighted by atomic mass is 32.2. The maximum atomic E-state index is 13.2. The maximum Gasteiger partial charge on any atom is 0.435 e. The molecule has 3 aromatic rings. The number of nitrogens with zero attached hydrogens (tertiary/aromatic N) is 3. The predicted octanol–water partition coefficient (Wildman–Crippen LogP) is 2.89. The average molecular weight is 406 g/mol. The zero-order chi connectivity index (χ0) is 20.7. The lowest BCUT2D eigenvalue weighted by Gasteiger charge is -2.09. The number of halogens is 3. The summed E-state index contributed by atoms with van der Waals surface area (Å²) in [6.45, 7) is 1.74. The molecule has 2 heterocycles. The highest BCUT2D eigenvalue weighted by molar-refractivity contribution is 7.89. The molecule has 6 nitrogen and oxygen atoms in total. The fourth-order valence-electron chi connectivity index (χ4n) is 2.55. The van der Waals surface area contributed by atoms with E-state index in [1.54, 1.807) is 25.1 Å². The molecule has 2 aromatic heterocycles. The third kappa shape index (κ3) is 3.76. The third-order valence-corrected chi connectivity index (χ3v) is 4.84. The van der Waals surface area contributed by atoms with E-state index in [0.29, 0.717) is 16.7 Å². The van der Waals surface area contributed by atoms with Crippen molar-refractivity contribution in [1.82, 2.24) is 14.8 Å². The zero-order valence-corrected chi connectivity index (χ0v) is 15.2. The second-order valence-corrected chi connectivity index (χ2v) is 7.46. The van der Waals surface area contributed by atoms with Crippen molar-refractivity contribution in [2.75, 3.05) is 0 Å². The van der Waals surface area contributed by atoms with Gasteiger partial charge in [-0.05, 0) is 42.8 Å². The van der Waals surface area contributed by atoms with Gasteiger partial charge in [0.1, 0.15) is 4.90 Å². The Kier molecular flexibility index (Phi) is 4.74. The number of rotatable bonds is 3. The first-order chi connectivity index (χ1) is 13.0. The largest absolute Gasteiger partial charge is 0.435 e. The highest BCUT2D eigenvalue weighted by Crippen LogP contribution is 2.33. The van der Waals surface area contributed by atoms with E-state index in [1.807, 2.05) is 0 Å². The van der Waals surface area contributed by atoms with Gasteiger partial charge in [0.05, 0.1) is 5.69 Å². The fraction of sp³-hybridized carbons (Fsp3) is 0.111. The molecule has 0 spiro atoms. The van der Waals surface area contributed by atoms with Crippen LogP contribution in [-0.4, -0.2) is 23.2 Å². The lowest BCUT2D eigenvalue weighted by molar-refractivity contribution is -0.141. The van der Waals surface area contributed by atoms with Gasteiger partial charge in [-0.15, -0.1) is 6.42 Å². The molecule has 28 heavy (non-hydrogen) atoms. The number of hydrogen-bond acceptors (Lipinski definition) is 4. The Morgan fingerprint density at radius 1 is 1.18 bits per heavy atom. The van der Waals surface area contributed by atoms with Gasteiger partial charge in [0.2, 0.25) is 10.0 Å². The first-order valence-electron chi connectivity index (χ1n) is 7.75. The molecule has 0 unspecified atom stereocenters. The molecule has 0 aliphatic carbocycles. The minimum atomic E-state index is -4.67. The number of pyridine rings is 1. The minimum absolute atomic E-state index is 0.00317. The highest BCUT2D eigenvalue weighted by Gasteiger charge is 2.35. The molecular weight excluding hydrogens is 393 g/mol. The Morgan fingerprint density at radius 3 is 2.39 bits per heavy atom. The molecule has 144 valence electrons. The van der Waals surface area contributed by atoms with Crippen molar-refractivity contribution >= 4 is 10.0 Å². The van der Waals surface area contributed by atoms with Crippen LogP contribution < -0.4 is 5.14 Å². The van der Waals surface area contributed by atoms with Crippen LogP contribution in [0, 0.1) is 19.3 Å². The molecule has 0 radical (unpaired) electrons. The van der Waals surface area contributed by atoms with Crippen molar-refractivity contribution in [3.8, 4) is 29.4 Å². The molecule has 0 aliphatic rings. The number of aromatic nitrogens is 3. The smallest absolute Gasteiger partial charge is 0.236 e. The number of nitrogens with two attached hydrogens (primary N) is 1. The van der Waals surface area contributed by atoms with Gasteiger partial charge in [-0.25, -0.2) is 23.2 Å². The third-order valence-electron chi connectivity index (χ3n) is 3.94. The van der Waals surface area contributed by atoms with Crippen molar-refractivity contribution in [2.45, 2.75) is 18.0 Å². The van der Waals surface area contributed by atoms with Gasteiger partial charge >= 0.3 is 6.18 Å². The number of terminal acetylenes is 1. The second-order valence-electron chi connectivity index (χ2n) is 5.90. The average Bonchev–Trinajstić information content (AvgIpc) is 3.07. The predicted molar refractivity (Wildman–Crippen MR) is 95.8 cm³/mol. The van der Waals surface area contributed by atoms with E-state index in [-0.39, 0.29) is 16.4 Å². The van der Waals surface area contributed by atoms with Gasteiger partial charge in [0, 0.05) is 17.3 Å².